The van der Waals surface area contributed by atoms with E-state index in [0.29, 0.717) is 22.2 Å². The van der Waals surface area contributed by atoms with Gasteiger partial charge in [0.05, 0.1) is 5.69 Å². The summed E-state index contributed by atoms with van der Waals surface area (Å²) in [6, 6.07) is 8.90. The molecular weight excluding hydrogens is 252 g/mol. The molecule has 2 rings (SSSR count). The van der Waals surface area contributed by atoms with Gasteiger partial charge >= 0.3 is 0 Å². The number of rotatable bonds is 2. The first-order valence-electron chi connectivity index (χ1n) is 5.19. The fourth-order valence-corrected chi connectivity index (χ4v) is 1.64. The average Bonchev–Trinajstić information content (AvgIpc) is 2.38. The first kappa shape index (κ1) is 12.3. The molecule has 0 unspecified atom stereocenters. The summed E-state index contributed by atoms with van der Waals surface area (Å²) < 4.78 is 0. The van der Waals surface area contributed by atoms with Crippen molar-refractivity contribution < 1.29 is 5.21 Å². The molecule has 0 amide bonds. The third-order valence-corrected chi connectivity index (χ3v) is 2.60. The molecule has 0 saturated heterocycles. The van der Waals surface area contributed by atoms with Crippen molar-refractivity contribution >= 4 is 17.4 Å². The smallest absolute Gasteiger partial charge is 0.188 e. The predicted molar refractivity (Wildman–Crippen MR) is 69.7 cm³/mol. The summed E-state index contributed by atoms with van der Waals surface area (Å²) in [6.45, 7) is 1.74. The number of nitrogens with zero attached hydrogens (tertiary/aromatic N) is 3. The highest BCUT2D eigenvalue weighted by atomic mass is 35.5. The molecule has 0 radical (unpaired) electrons. The number of halogens is 1. The molecule has 0 bridgehead atoms. The van der Waals surface area contributed by atoms with Crippen molar-refractivity contribution in [1.29, 1.82) is 0 Å². The Morgan fingerprint density at radius 3 is 2.56 bits per heavy atom. The average molecular weight is 263 g/mol. The fourth-order valence-electron chi connectivity index (χ4n) is 1.52. The highest BCUT2D eigenvalue weighted by molar-refractivity contribution is 6.30. The zero-order valence-corrected chi connectivity index (χ0v) is 10.4. The first-order chi connectivity index (χ1) is 8.60. The second kappa shape index (κ2) is 5.01. The molecule has 1 aromatic heterocycles. The van der Waals surface area contributed by atoms with E-state index in [2.05, 4.69) is 15.1 Å². The van der Waals surface area contributed by atoms with Gasteiger partial charge in [-0.3, -0.25) is 0 Å². The Morgan fingerprint density at radius 2 is 1.94 bits per heavy atom. The number of oxime groups is 1. The van der Waals surface area contributed by atoms with E-state index in [4.69, 9.17) is 22.5 Å². The van der Waals surface area contributed by atoms with E-state index in [1.54, 1.807) is 25.1 Å². The zero-order chi connectivity index (χ0) is 13.1. The summed E-state index contributed by atoms with van der Waals surface area (Å²) in [4.78, 5) is 8.40. The van der Waals surface area contributed by atoms with Crippen LogP contribution in [0, 0.1) is 6.92 Å². The van der Waals surface area contributed by atoms with Gasteiger partial charge in [0.2, 0.25) is 0 Å². The molecule has 1 aromatic carbocycles. The van der Waals surface area contributed by atoms with Crippen LogP contribution in [-0.4, -0.2) is 21.0 Å². The van der Waals surface area contributed by atoms with Crippen molar-refractivity contribution in [3.63, 3.8) is 0 Å². The summed E-state index contributed by atoms with van der Waals surface area (Å²) >= 11 is 5.83. The van der Waals surface area contributed by atoms with Crippen LogP contribution in [0.15, 0.2) is 35.5 Å². The van der Waals surface area contributed by atoms with E-state index in [1.807, 2.05) is 12.1 Å². The molecule has 1 heterocycles. The minimum absolute atomic E-state index is 0.0456. The molecule has 18 heavy (non-hydrogen) atoms. The molecule has 0 spiro atoms. The lowest BCUT2D eigenvalue weighted by Crippen LogP contribution is -2.16. The van der Waals surface area contributed by atoms with Gasteiger partial charge in [0.25, 0.3) is 0 Å². The Labute approximate surface area is 109 Å². The van der Waals surface area contributed by atoms with Crippen molar-refractivity contribution in [3.8, 4) is 11.3 Å². The maximum absolute atomic E-state index is 8.66. The molecule has 0 aliphatic rings. The highest BCUT2D eigenvalue weighted by Crippen LogP contribution is 2.20. The minimum Gasteiger partial charge on any atom is -0.409 e. The van der Waals surface area contributed by atoms with Gasteiger partial charge in [0, 0.05) is 10.6 Å². The van der Waals surface area contributed by atoms with Gasteiger partial charge < -0.3 is 10.9 Å². The third-order valence-electron chi connectivity index (χ3n) is 2.35. The van der Waals surface area contributed by atoms with E-state index in [0.717, 1.165) is 5.56 Å². The minimum atomic E-state index is -0.0456. The van der Waals surface area contributed by atoms with Gasteiger partial charge in [-0.15, -0.1) is 0 Å². The lowest BCUT2D eigenvalue weighted by Gasteiger charge is -2.05. The largest absolute Gasteiger partial charge is 0.409 e. The Balaban J connectivity index is 2.51. The topological polar surface area (TPSA) is 84.4 Å². The van der Waals surface area contributed by atoms with Crippen LogP contribution in [0.4, 0.5) is 0 Å². The van der Waals surface area contributed by atoms with Crippen LogP contribution in [0.1, 0.15) is 11.5 Å². The van der Waals surface area contributed by atoms with Crippen LogP contribution in [0.2, 0.25) is 5.02 Å². The maximum Gasteiger partial charge on any atom is 0.188 e. The highest BCUT2D eigenvalue weighted by Gasteiger charge is 2.07. The third kappa shape index (κ3) is 2.57. The molecule has 3 N–H and O–H groups in total. The van der Waals surface area contributed by atoms with Crippen LogP contribution >= 0.6 is 11.6 Å². The van der Waals surface area contributed by atoms with E-state index in [-0.39, 0.29) is 5.84 Å². The van der Waals surface area contributed by atoms with Crippen molar-refractivity contribution in [2.24, 2.45) is 10.9 Å². The lowest BCUT2D eigenvalue weighted by atomic mass is 10.1. The van der Waals surface area contributed by atoms with Gasteiger partial charge in [0.15, 0.2) is 5.84 Å². The molecule has 92 valence electrons. The van der Waals surface area contributed by atoms with Crippen molar-refractivity contribution in [2.45, 2.75) is 6.92 Å². The molecule has 6 heteroatoms. The monoisotopic (exact) mass is 262 g/mol. The number of benzene rings is 1. The number of hydrogen-bond donors (Lipinski definition) is 2. The number of hydrogen-bond acceptors (Lipinski definition) is 4. The molecule has 0 aliphatic heterocycles. The Morgan fingerprint density at radius 1 is 1.28 bits per heavy atom. The fraction of sp³-hybridized carbons (Fsp3) is 0.0833. The van der Waals surface area contributed by atoms with Gasteiger partial charge in [-0.25, -0.2) is 9.97 Å². The van der Waals surface area contributed by atoms with E-state index in [9.17, 15) is 0 Å². The van der Waals surface area contributed by atoms with Gasteiger partial charge in [-0.05, 0) is 25.1 Å². The van der Waals surface area contributed by atoms with Crippen LogP contribution in [0.3, 0.4) is 0 Å². The number of amidine groups is 1. The van der Waals surface area contributed by atoms with Crippen LogP contribution in [-0.2, 0) is 0 Å². The summed E-state index contributed by atoms with van der Waals surface area (Å²) in [7, 11) is 0. The maximum atomic E-state index is 8.66. The molecule has 0 aliphatic carbocycles. The summed E-state index contributed by atoms with van der Waals surface area (Å²) in [5, 5.41) is 12.2. The van der Waals surface area contributed by atoms with Gasteiger partial charge in [-0.1, -0.05) is 28.9 Å². The van der Waals surface area contributed by atoms with E-state index in [1.165, 1.54) is 0 Å². The summed E-state index contributed by atoms with van der Waals surface area (Å²) in [6.07, 6.45) is 0. The van der Waals surface area contributed by atoms with Crippen LogP contribution in [0.25, 0.3) is 11.3 Å². The second-order valence-corrected chi connectivity index (χ2v) is 4.11. The van der Waals surface area contributed by atoms with Crippen LogP contribution in [0.5, 0.6) is 0 Å². The number of aryl methyl sites for hydroxylation is 1. The summed E-state index contributed by atoms with van der Waals surface area (Å²) in [5.41, 5.74) is 7.49. The predicted octanol–water partition coefficient (Wildman–Crippen LogP) is 2.20. The zero-order valence-electron chi connectivity index (χ0n) is 9.63. The molecule has 0 fully saturated rings. The van der Waals surface area contributed by atoms with Gasteiger partial charge in [0.1, 0.15) is 11.5 Å². The molecule has 2 aromatic rings. The van der Waals surface area contributed by atoms with Crippen molar-refractivity contribution in [2.75, 3.05) is 0 Å². The Hall–Kier alpha value is -2.14. The molecule has 0 saturated carbocycles. The standard InChI is InChI=1S/C12H11ClN4O/c1-7-15-10(6-11(16-7)12(14)17-18)8-2-4-9(13)5-3-8/h2-6,18H,1H3,(H2,14,17). The first-order valence-corrected chi connectivity index (χ1v) is 5.57. The van der Waals surface area contributed by atoms with E-state index < -0.39 is 0 Å². The van der Waals surface area contributed by atoms with Crippen molar-refractivity contribution in [3.05, 3.63) is 46.9 Å². The molecule has 0 atom stereocenters. The van der Waals surface area contributed by atoms with Crippen LogP contribution < -0.4 is 5.73 Å². The lowest BCUT2D eigenvalue weighted by molar-refractivity contribution is 0.318. The van der Waals surface area contributed by atoms with Gasteiger partial charge in [-0.2, -0.15) is 0 Å². The van der Waals surface area contributed by atoms with Crippen molar-refractivity contribution in [1.82, 2.24) is 9.97 Å². The van der Waals surface area contributed by atoms with E-state index >= 15 is 0 Å². The Bertz CT molecular complexity index is 596. The number of aromatic nitrogens is 2. The molecular formula is C12H11ClN4O. The SMILES string of the molecule is Cc1nc(C(N)=NO)cc(-c2ccc(Cl)cc2)n1. The quantitative estimate of drug-likeness (QED) is 0.376. The molecule has 5 nitrogen and oxygen atoms in total. The normalized spacial score (nSPS) is 11.6. The second-order valence-electron chi connectivity index (χ2n) is 3.68. The number of nitrogens with two attached hydrogens (primary N) is 1. The summed E-state index contributed by atoms with van der Waals surface area (Å²) in [5.74, 6) is 0.500. The Kier molecular flexibility index (Phi) is 3.43.